The van der Waals surface area contributed by atoms with E-state index in [-0.39, 0.29) is 11.9 Å². The van der Waals surface area contributed by atoms with Crippen molar-refractivity contribution in [1.82, 2.24) is 4.90 Å². The summed E-state index contributed by atoms with van der Waals surface area (Å²) in [5.41, 5.74) is 4.46. The molecular formula is C15H23NO. The van der Waals surface area contributed by atoms with Crippen LogP contribution >= 0.6 is 0 Å². The van der Waals surface area contributed by atoms with Crippen LogP contribution in [0.15, 0.2) is 12.1 Å². The molecule has 0 radical (unpaired) electrons. The summed E-state index contributed by atoms with van der Waals surface area (Å²) in [5, 5.41) is 0. The molecule has 0 N–H and O–H groups in total. The second-order valence-corrected chi connectivity index (χ2v) is 4.64. The van der Waals surface area contributed by atoms with Crippen molar-refractivity contribution in [3.8, 4) is 0 Å². The van der Waals surface area contributed by atoms with Crippen molar-refractivity contribution in [3.63, 3.8) is 0 Å². The Hall–Kier alpha value is -1.31. The zero-order valence-electron chi connectivity index (χ0n) is 11.8. The molecule has 17 heavy (non-hydrogen) atoms. The predicted molar refractivity (Wildman–Crippen MR) is 72.3 cm³/mol. The first-order valence-corrected chi connectivity index (χ1v) is 6.42. The first-order chi connectivity index (χ1) is 8.00. The van der Waals surface area contributed by atoms with Crippen LogP contribution in [-0.2, 0) is 6.54 Å². The number of rotatable bonds is 1. The number of aryl methyl sites for hydroxylation is 2. The van der Waals surface area contributed by atoms with Gasteiger partial charge in [0.15, 0.2) is 0 Å². The molecule has 0 bridgehead atoms. The van der Waals surface area contributed by atoms with Crippen molar-refractivity contribution in [2.75, 3.05) is 0 Å². The SMILES string of the molecule is CC.Cc1cc(C)c2c(c1)CN(C(C)C)C2=O. The van der Waals surface area contributed by atoms with E-state index < -0.39 is 0 Å². The standard InChI is InChI=1S/C13H17NO.C2H6/c1-8(2)14-7-11-6-9(3)5-10(4)12(11)13(14)15;1-2/h5-6,8H,7H2,1-4H3;1-2H3. The summed E-state index contributed by atoms with van der Waals surface area (Å²) in [4.78, 5) is 14.0. The number of fused-ring (bicyclic) bond motifs is 1. The highest BCUT2D eigenvalue weighted by Gasteiger charge is 2.30. The molecule has 1 amide bonds. The zero-order valence-corrected chi connectivity index (χ0v) is 11.8. The smallest absolute Gasteiger partial charge is 0.255 e. The molecule has 1 aromatic rings. The lowest BCUT2D eigenvalue weighted by atomic mass is 10.0. The van der Waals surface area contributed by atoms with Gasteiger partial charge >= 0.3 is 0 Å². The van der Waals surface area contributed by atoms with Crippen LogP contribution in [-0.4, -0.2) is 16.8 Å². The molecule has 0 aliphatic carbocycles. The quantitative estimate of drug-likeness (QED) is 0.724. The summed E-state index contributed by atoms with van der Waals surface area (Å²) in [6, 6.07) is 4.49. The summed E-state index contributed by atoms with van der Waals surface area (Å²) in [7, 11) is 0. The molecule has 0 atom stereocenters. The Bertz CT molecular complexity index is 421. The second kappa shape index (κ2) is 5.35. The van der Waals surface area contributed by atoms with Crippen molar-refractivity contribution in [2.45, 2.75) is 54.1 Å². The molecule has 2 nitrogen and oxygen atoms in total. The maximum absolute atomic E-state index is 12.1. The van der Waals surface area contributed by atoms with Gasteiger partial charge in [0.25, 0.3) is 5.91 Å². The lowest BCUT2D eigenvalue weighted by molar-refractivity contribution is 0.0730. The Morgan fingerprint density at radius 2 is 1.76 bits per heavy atom. The number of amides is 1. The van der Waals surface area contributed by atoms with Gasteiger partial charge in [0.2, 0.25) is 0 Å². The minimum atomic E-state index is 0.192. The third kappa shape index (κ3) is 2.51. The van der Waals surface area contributed by atoms with Crippen molar-refractivity contribution in [3.05, 3.63) is 34.4 Å². The Morgan fingerprint density at radius 1 is 1.18 bits per heavy atom. The average Bonchev–Trinajstić information content (AvgIpc) is 2.58. The van der Waals surface area contributed by atoms with Crippen LogP contribution < -0.4 is 0 Å². The van der Waals surface area contributed by atoms with Crippen LogP contribution in [0.1, 0.15) is 54.7 Å². The highest BCUT2D eigenvalue weighted by molar-refractivity contribution is 6.00. The highest BCUT2D eigenvalue weighted by atomic mass is 16.2. The lowest BCUT2D eigenvalue weighted by Crippen LogP contribution is -2.30. The Morgan fingerprint density at radius 3 is 2.29 bits per heavy atom. The molecule has 2 heteroatoms. The third-order valence-electron chi connectivity index (χ3n) is 3.00. The molecule has 0 aromatic heterocycles. The summed E-state index contributed by atoms with van der Waals surface area (Å²) in [5.74, 6) is 0.192. The van der Waals surface area contributed by atoms with Gasteiger partial charge < -0.3 is 4.90 Å². The minimum Gasteiger partial charge on any atom is -0.332 e. The van der Waals surface area contributed by atoms with E-state index in [0.717, 1.165) is 17.7 Å². The molecule has 1 aromatic carbocycles. The first-order valence-electron chi connectivity index (χ1n) is 6.42. The van der Waals surface area contributed by atoms with Crippen molar-refractivity contribution in [1.29, 1.82) is 0 Å². The van der Waals surface area contributed by atoms with E-state index in [2.05, 4.69) is 32.9 Å². The van der Waals surface area contributed by atoms with Gasteiger partial charge in [0, 0.05) is 18.2 Å². The van der Waals surface area contributed by atoms with E-state index in [9.17, 15) is 4.79 Å². The largest absolute Gasteiger partial charge is 0.332 e. The molecule has 0 saturated heterocycles. The maximum atomic E-state index is 12.1. The fourth-order valence-corrected chi connectivity index (χ4v) is 2.30. The zero-order chi connectivity index (χ0) is 13.2. The van der Waals surface area contributed by atoms with Gasteiger partial charge in [-0.1, -0.05) is 31.5 Å². The van der Waals surface area contributed by atoms with Gasteiger partial charge in [-0.3, -0.25) is 4.79 Å². The van der Waals surface area contributed by atoms with Gasteiger partial charge in [0.05, 0.1) is 0 Å². The molecule has 1 heterocycles. The highest BCUT2D eigenvalue weighted by Crippen LogP contribution is 2.28. The molecule has 1 aliphatic heterocycles. The molecule has 0 unspecified atom stereocenters. The fraction of sp³-hybridized carbons (Fsp3) is 0.533. The van der Waals surface area contributed by atoms with Crippen LogP contribution in [0, 0.1) is 13.8 Å². The fourth-order valence-electron chi connectivity index (χ4n) is 2.30. The topological polar surface area (TPSA) is 20.3 Å². The number of benzene rings is 1. The van der Waals surface area contributed by atoms with E-state index in [1.54, 1.807) is 0 Å². The van der Waals surface area contributed by atoms with Gasteiger partial charge in [-0.25, -0.2) is 0 Å². The number of nitrogens with zero attached hydrogens (tertiary/aromatic N) is 1. The molecule has 1 aliphatic rings. The van der Waals surface area contributed by atoms with E-state index in [0.29, 0.717) is 0 Å². The van der Waals surface area contributed by atoms with Gasteiger partial charge in [-0.2, -0.15) is 0 Å². The number of carbonyl (C=O) groups is 1. The third-order valence-corrected chi connectivity index (χ3v) is 3.00. The van der Waals surface area contributed by atoms with Crippen molar-refractivity contribution in [2.24, 2.45) is 0 Å². The van der Waals surface area contributed by atoms with E-state index in [1.807, 2.05) is 25.7 Å². The molecule has 0 spiro atoms. The van der Waals surface area contributed by atoms with Crippen LogP contribution in [0.4, 0.5) is 0 Å². The molecule has 94 valence electrons. The monoisotopic (exact) mass is 233 g/mol. The van der Waals surface area contributed by atoms with Crippen LogP contribution in [0.3, 0.4) is 0 Å². The molecule has 0 saturated carbocycles. The van der Waals surface area contributed by atoms with Crippen LogP contribution in [0.2, 0.25) is 0 Å². The van der Waals surface area contributed by atoms with Gasteiger partial charge in [0.1, 0.15) is 0 Å². The van der Waals surface area contributed by atoms with Crippen molar-refractivity contribution >= 4 is 5.91 Å². The normalized spacial score (nSPS) is 13.6. The second-order valence-electron chi connectivity index (χ2n) is 4.64. The summed E-state index contributed by atoms with van der Waals surface area (Å²) < 4.78 is 0. The Labute approximate surface area is 105 Å². The molecule has 0 fully saturated rings. The number of hydrogen-bond donors (Lipinski definition) is 0. The summed E-state index contributed by atoms with van der Waals surface area (Å²) >= 11 is 0. The average molecular weight is 233 g/mol. The first kappa shape index (κ1) is 13.8. The maximum Gasteiger partial charge on any atom is 0.255 e. The molecule has 2 rings (SSSR count). The van der Waals surface area contributed by atoms with E-state index in [1.165, 1.54) is 11.1 Å². The van der Waals surface area contributed by atoms with E-state index in [4.69, 9.17) is 0 Å². The molecular weight excluding hydrogens is 210 g/mol. The van der Waals surface area contributed by atoms with Crippen LogP contribution in [0.25, 0.3) is 0 Å². The van der Waals surface area contributed by atoms with Gasteiger partial charge in [-0.05, 0) is 38.8 Å². The number of hydrogen-bond acceptors (Lipinski definition) is 1. The Kier molecular flexibility index (Phi) is 4.33. The van der Waals surface area contributed by atoms with Crippen molar-refractivity contribution < 1.29 is 4.79 Å². The van der Waals surface area contributed by atoms with E-state index >= 15 is 0 Å². The Balaban J connectivity index is 0.000000686. The summed E-state index contributed by atoms with van der Waals surface area (Å²) in [6.45, 7) is 13.0. The predicted octanol–water partition coefficient (Wildman–Crippen LogP) is 3.69. The summed E-state index contributed by atoms with van der Waals surface area (Å²) in [6.07, 6.45) is 0. The minimum absolute atomic E-state index is 0.192. The lowest BCUT2D eigenvalue weighted by Gasteiger charge is -2.19. The van der Waals surface area contributed by atoms with Crippen LogP contribution in [0.5, 0.6) is 0 Å². The van der Waals surface area contributed by atoms with Gasteiger partial charge in [-0.15, -0.1) is 0 Å². The number of carbonyl (C=O) groups excluding carboxylic acids is 1.